The molecule has 1 unspecified atom stereocenters. The highest BCUT2D eigenvalue weighted by molar-refractivity contribution is 6.06. The van der Waals surface area contributed by atoms with E-state index in [9.17, 15) is 32.3 Å². The first-order valence-corrected chi connectivity index (χ1v) is 11.0. The van der Waals surface area contributed by atoms with Gasteiger partial charge in [-0.05, 0) is 60.9 Å². The summed E-state index contributed by atoms with van der Waals surface area (Å²) in [7, 11) is 0. The molecule has 3 aliphatic carbocycles. The Morgan fingerprint density at radius 1 is 1.15 bits per heavy atom. The third kappa shape index (κ3) is 3.46. The van der Waals surface area contributed by atoms with Gasteiger partial charge < -0.3 is 10.0 Å². The second kappa shape index (κ2) is 7.49. The molecular formula is C24H23F4N3O3. The summed E-state index contributed by atoms with van der Waals surface area (Å²) in [4.78, 5) is 33.4. The molecule has 2 bridgehead atoms. The van der Waals surface area contributed by atoms with Gasteiger partial charge >= 0.3 is 6.18 Å². The number of pyridine rings is 1. The van der Waals surface area contributed by atoms with Crippen molar-refractivity contribution < 1.29 is 32.3 Å². The van der Waals surface area contributed by atoms with Gasteiger partial charge in [-0.2, -0.15) is 13.2 Å². The van der Waals surface area contributed by atoms with Crippen LogP contribution in [0.5, 0.6) is 0 Å². The number of aliphatic hydroxyl groups excluding tert-OH is 1. The van der Waals surface area contributed by atoms with Gasteiger partial charge in [0, 0.05) is 24.8 Å². The molecule has 1 aromatic carbocycles. The van der Waals surface area contributed by atoms with Crippen molar-refractivity contribution in [2.45, 2.75) is 44.9 Å². The predicted molar refractivity (Wildman–Crippen MR) is 113 cm³/mol. The number of hydrogen-bond acceptors (Lipinski definition) is 4. The van der Waals surface area contributed by atoms with Crippen molar-refractivity contribution in [2.75, 3.05) is 18.1 Å². The lowest BCUT2D eigenvalue weighted by Crippen LogP contribution is -2.76. The summed E-state index contributed by atoms with van der Waals surface area (Å²) >= 11 is 0. The molecule has 6 nitrogen and oxygen atoms in total. The fraction of sp³-hybridized carbons (Fsp3) is 0.458. The smallest absolute Gasteiger partial charge is 0.396 e. The van der Waals surface area contributed by atoms with Crippen LogP contribution in [-0.4, -0.2) is 46.0 Å². The minimum Gasteiger partial charge on any atom is -0.396 e. The number of rotatable bonds is 5. The minimum atomic E-state index is -4.48. The average molecular weight is 477 g/mol. The van der Waals surface area contributed by atoms with Crippen LogP contribution in [0.1, 0.15) is 36.0 Å². The van der Waals surface area contributed by atoms with E-state index in [1.54, 1.807) is 6.92 Å². The van der Waals surface area contributed by atoms with Crippen molar-refractivity contribution in [3.05, 3.63) is 59.0 Å². The van der Waals surface area contributed by atoms with Gasteiger partial charge in [0.15, 0.2) is 11.6 Å². The summed E-state index contributed by atoms with van der Waals surface area (Å²) < 4.78 is 53.4. The molecule has 4 aliphatic rings. The lowest BCUT2D eigenvalue weighted by molar-refractivity contribution is -0.252. The molecule has 1 saturated heterocycles. The van der Waals surface area contributed by atoms with Crippen LogP contribution in [0.25, 0.3) is 0 Å². The van der Waals surface area contributed by atoms with E-state index in [4.69, 9.17) is 0 Å². The van der Waals surface area contributed by atoms with Crippen LogP contribution < -0.4 is 4.90 Å². The molecule has 10 heteroatoms. The van der Waals surface area contributed by atoms with E-state index in [-0.39, 0.29) is 24.4 Å². The Morgan fingerprint density at radius 2 is 1.79 bits per heavy atom. The fourth-order valence-corrected chi connectivity index (χ4v) is 5.94. The summed E-state index contributed by atoms with van der Waals surface area (Å²) in [6.45, 7) is 1.19. The third-order valence-corrected chi connectivity index (χ3v) is 7.37. The third-order valence-electron chi connectivity index (χ3n) is 7.37. The Balaban J connectivity index is 1.47. The number of anilines is 1. The van der Waals surface area contributed by atoms with Crippen molar-refractivity contribution in [3.8, 4) is 0 Å². The quantitative estimate of drug-likeness (QED) is 0.670. The van der Waals surface area contributed by atoms with Crippen molar-refractivity contribution in [1.82, 2.24) is 9.88 Å². The van der Waals surface area contributed by atoms with Gasteiger partial charge in [0.1, 0.15) is 12.6 Å². The summed E-state index contributed by atoms with van der Waals surface area (Å²) in [5, 5.41) is 9.67. The number of amides is 2. The first kappa shape index (κ1) is 22.8. The number of hydrogen-bond donors (Lipinski definition) is 1. The number of halogens is 4. The van der Waals surface area contributed by atoms with E-state index < -0.39 is 47.4 Å². The highest BCUT2D eigenvalue weighted by atomic mass is 19.4. The van der Waals surface area contributed by atoms with Gasteiger partial charge in [-0.15, -0.1) is 0 Å². The summed E-state index contributed by atoms with van der Waals surface area (Å²) in [6.07, 6.45) is -1.39. The van der Waals surface area contributed by atoms with Crippen molar-refractivity contribution in [3.63, 3.8) is 0 Å². The lowest BCUT2D eigenvalue weighted by atomic mass is 9.33. The van der Waals surface area contributed by atoms with Gasteiger partial charge in [-0.25, -0.2) is 9.37 Å². The molecule has 0 radical (unpaired) electrons. The molecule has 34 heavy (non-hydrogen) atoms. The highest BCUT2D eigenvalue weighted by Gasteiger charge is 2.73. The fourth-order valence-electron chi connectivity index (χ4n) is 5.94. The van der Waals surface area contributed by atoms with Gasteiger partial charge in [-0.3, -0.25) is 14.5 Å². The number of carbonyl (C=O) groups excluding carboxylic acids is 2. The van der Waals surface area contributed by atoms with E-state index in [2.05, 4.69) is 4.98 Å². The Bertz CT molecular complexity index is 1150. The average Bonchev–Trinajstić information content (AvgIpc) is 2.71. The molecule has 1 aromatic heterocycles. The second-order valence-electron chi connectivity index (χ2n) is 9.91. The lowest BCUT2D eigenvalue weighted by Gasteiger charge is -2.73. The van der Waals surface area contributed by atoms with Crippen molar-refractivity contribution in [1.29, 1.82) is 0 Å². The molecule has 0 spiro atoms. The maximum absolute atomic E-state index is 14.7. The largest absolute Gasteiger partial charge is 0.416 e. The topological polar surface area (TPSA) is 73.7 Å². The molecule has 4 fully saturated rings. The maximum Gasteiger partial charge on any atom is 0.416 e. The van der Waals surface area contributed by atoms with Crippen LogP contribution in [-0.2, 0) is 22.3 Å². The van der Waals surface area contributed by atoms with E-state index in [1.807, 2.05) is 0 Å². The van der Waals surface area contributed by atoms with Crippen LogP contribution in [0, 0.1) is 23.6 Å². The molecule has 2 aromatic rings. The van der Waals surface area contributed by atoms with E-state index in [0.29, 0.717) is 30.4 Å². The number of piperazine rings is 1. The summed E-state index contributed by atoms with van der Waals surface area (Å²) in [5.74, 6) is -1.82. The minimum absolute atomic E-state index is 0.0135. The number of aliphatic hydroxyl groups is 1. The Hall–Kier alpha value is -3.01. The van der Waals surface area contributed by atoms with Crippen LogP contribution in [0.15, 0.2) is 36.5 Å². The molecule has 2 heterocycles. The number of aromatic nitrogens is 1. The molecule has 1 atom stereocenters. The predicted octanol–water partition coefficient (Wildman–Crippen LogP) is 3.45. The number of carbonyl (C=O) groups is 2. The zero-order valence-corrected chi connectivity index (χ0v) is 18.4. The monoisotopic (exact) mass is 477 g/mol. The van der Waals surface area contributed by atoms with Crippen LogP contribution in [0.3, 0.4) is 0 Å². The molecule has 1 aliphatic heterocycles. The van der Waals surface area contributed by atoms with E-state index >= 15 is 0 Å². The van der Waals surface area contributed by atoms with Crippen LogP contribution in [0.2, 0.25) is 0 Å². The normalized spacial score (nSPS) is 28.6. The van der Waals surface area contributed by atoms with Crippen LogP contribution >= 0.6 is 0 Å². The number of alkyl halides is 3. The zero-order chi connectivity index (χ0) is 24.5. The Labute approximate surface area is 193 Å². The van der Waals surface area contributed by atoms with Gasteiger partial charge in [0.2, 0.25) is 5.91 Å². The van der Waals surface area contributed by atoms with Gasteiger partial charge in [0.25, 0.3) is 5.91 Å². The van der Waals surface area contributed by atoms with Crippen LogP contribution in [0.4, 0.5) is 23.4 Å². The van der Waals surface area contributed by atoms with Crippen molar-refractivity contribution >= 4 is 17.6 Å². The number of aryl methyl sites for hydroxylation is 1. The number of nitrogens with zero attached hydrogens (tertiary/aromatic N) is 3. The van der Waals surface area contributed by atoms with Crippen molar-refractivity contribution in [2.24, 2.45) is 10.8 Å². The zero-order valence-electron chi connectivity index (χ0n) is 18.4. The summed E-state index contributed by atoms with van der Waals surface area (Å²) in [6, 6.07) is 4.81. The SMILES string of the molecule is Cc1cnc(N2CC(=O)N(Cc3ccc(C(F)(F)F)cc3)C(C34CC(CO)(C3)C4)C2=O)c(F)c1. The van der Waals surface area contributed by atoms with E-state index in [1.165, 1.54) is 29.3 Å². The first-order valence-electron chi connectivity index (χ1n) is 11.0. The molecule has 180 valence electrons. The molecule has 2 amide bonds. The first-order chi connectivity index (χ1) is 16.0. The molecule has 1 N–H and O–H groups in total. The highest BCUT2D eigenvalue weighted by Crippen LogP contribution is 2.75. The second-order valence-corrected chi connectivity index (χ2v) is 9.91. The number of benzene rings is 1. The van der Waals surface area contributed by atoms with E-state index in [0.717, 1.165) is 17.0 Å². The maximum atomic E-state index is 14.7. The molecule has 3 saturated carbocycles. The standard InChI is InChI=1S/C24H23F4N3O3/c1-14-6-17(25)20(29-7-14)31-9-18(33)30(8-15-2-4-16(5-3-15)24(26,27)28)19(21(31)34)23-10-22(11-23,12-23)13-32/h2-7,19,32H,8-13H2,1H3. The molecular weight excluding hydrogens is 454 g/mol. The Kier molecular flexibility index (Phi) is 5.02. The Morgan fingerprint density at radius 3 is 2.35 bits per heavy atom. The summed E-state index contributed by atoms with van der Waals surface area (Å²) in [5.41, 5.74) is -0.567. The molecule has 6 rings (SSSR count). The van der Waals surface area contributed by atoms with Gasteiger partial charge in [0.05, 0.1) is 5.56 Å². The van der Waals surface area contributed by atoms with Gasteiger partial charge in [-0.1, -0.05) is 12.1 Å².